The molecule has 0 aliphatic heterocycles. The molecule has 1 aliphatic carbocycles. The number of nitrogens with zero attached hydrogens (tertiary/aromatic N) is 3. The minimum absolute atomic E-state index is 0.502. The number of aryl methyl sites for hydroxylation is 1. The van der Waals surface area contributed by atoms with Gasteiger partial charge in [0.2, 0.25) is 0 Å². The van der Waals surface area contributed by atoms with E-state index in [9.17, 15) is 0 Å². The highest BCUT2D eigenvalue weighted by molar-refractivity contribution is 5.68. The first kappa shape index (κ1) is 13.0. The van der Waals surface area contributed by atoms with Crippen molar-refractivity contribution >= 4 is 5.69 Å². The van der Waals surface area contributed by atoms with Crippen LogP contribution in [0.3, 0.4) is 0 Å². The summed E-state index contributed by atoms with van der Waals surface area (Å²) >= 11 is 0. The summed E-state index contributed by atoms with van der Waals surface area (Å²) in [7, 11) is 1.65. The van der Waals surface area contributed by atoms with E-state index >= 15 is 0 Å². The van der Waals surface area contributed by atoms with Gasteiger partial charge in [0, 0.05) is 17.8 Å². The zero-order chi connectivity index (χ0) is 14.1. The number of hydrogen-bond donors (Lipinski definition) is 1. The summed E-state index contributed by atoms with van der Waals surface area (Å²) < 4.78 is 7.70. The molecule has 1 saturated carbocycles. The molecule has 0 amide bonds. The summed E-state index contributed by atoms with van der Waals surface area (Å²) in [4.78, 5) is 0. The summed E-state index contributed by atoms with van der Waals surface area (Å²) in [6.45, 7) is 2.01. The Balaban J connectivity index is 2.10. The second-order valence-corrected chi connectivity index (χ2v) is 5.34. The minimum Gasteiger partial charge on any atom is -0.496 e. The topological polar surface area (TPSA) is 66.0 Å². The Morgan fingerprint density at radius 2 is 2.00 bits per heavy atom. The third-order valence-electron chi connectivity index (χ3n) is 4.02. The molecule has 1 aromatic carbocycles. The molecule has 1 aliphatic rings. The fourth-order valence-corrected chi connectivity index (χ4v) is 3.05. The lowest BCUT2D eigenvalue weighted by molar-refractivity contribution is 0.415. The quantitative estimate of drug-likeness (QED) is 0.872. The van der Waals surface area contributed by atoms with Crippen molar-refractivity contribution in [3.63, 3.8) is 0 Å². The molecule has 2 aromatic rings. The number of benzene rings is 1. The van der Waals surface area contributed by atoms with Crippen LogP contribution in [0.15, 0.2) is 18.2 Å². The summed E-state index contributed by atoms with van der Waals surface area (Å²) in [5.74, 6) is 2.59. The van der Waals surface area contributed by atoms with Crippen LogP contribution < -0.4 is 10.5 Å². The first-order valence-electron chi connectivity index (χ1n) is 7.06. The molecule has 1 fully saturated rings. The van der Waals surface area contributed by atoms with Crippen LogP contribution in [0.1, 0.15) is 37.5 Å². The number of anilines is 1. The Kier molecular flexibility index (Phi) is 3.34. The molecule has 20 heavy (non-hydrogen) atoms. The van der Waals surface area contributed by atoms with Crippen molar-refractivity contribution in [3.8, 4) is 17.1 Å². The van der Waals surface area contributed by atoms with Crippen LogP contribution in [-0.2, 0) is 0 Å². The smallest absolute Gasteiger partial charge is 0.167 e. The summed E-state index contributed by atoms with van der Waals surface area (Å²) in [6.07, 6.45) is 4.95. The van der Waals surface area contributed by atoms with Gasteiger partial charge in [0.05, 0.1) is 12.7 Å². The molecule has 0 radical (unpaired) electrons. The minimum atomic E-state index is 0.502. The Morgan fingerprint density at radius 3 is 2.70 bits per heavy atom. The number of nitrogen functional groups attached to an aromatic ring is 1. The van der Waals surface area contributed by atoms with Gasteiger partial charge in [0.1, 0.15) is 11.6 Å². The maximum atomic E-state index is 5.82. The SMILES string of the molecule is COc1cc(N)ccc1-c1nnc(C)n1C1CCCC1. The lowest BCUT2D eigenvalue weighted by Gasteiger charge is -2.17. The highest BCUT2D eigenvalue weighted by Crippen LogP contribution is 2.37. The molecule has 1 aromatic heterocycles. The van der Waals surface area contributed by atoms with E-state index in [1.165, 1.54) is 25.7 Å². The molecule has 3 rings (SSSR count). The molecule has 5 heteroatoms. The second-order valence-electron chi connectivity index (χ2n) is 5.34. The zero-order valence-electron chi connectivity index (χ0n) is 12.0. The maximum Gasteiger partial charge on any atom is 0.167 e. The van der Waals surface area contributed by atoms with E-state index in [0.717, 1.165) is 23.0 Å². The highest BCUT2D eigenvalue weighted by atomic mass is 16.5. The third kappa shape index (κ3) is 2.13. The van der Waals surface area contributed by atoms with Crippen LogP contribution >= 0.6 is 0 Å². The largest absolute Gasteiger partial charge is 0.496 e. The zero-order valence-corrected chi connectivity index (χ0v) is 12.0. The van der Waals surface area contributed by atoms with Crippen molar-refractivity contribution in [2.75, 3.05) is 12.8 Å². The van der Waals surface area contributed by atoms with E-state index in [1.807, 2.05) is 25.1 Å². The van der Waals surface area contributed by atoms with E-state index in [1.54, 1.807) is 7.11 Å². The summed E-state index contributed by atoms with van der Waals surface area (Å²) in [5.41, 5.74) is 7.47. The Labute approximate surface area is 118 Å². The Hall–Kier alpha value is -2.04. The molecule has 5 nitrogen and oxygen atoms in total. The average Bonchev–Trinajstić information content (AvgIpc) is 3.07. The molecule has 106 valence electrons. The van der Waals surface area contributed by atoms with E-state index in [2.05, 4.69) is 14.8 Å². The first-order chi connectivity index (χ1) is 9.70. The number of aromatic nitrogens is 3. The van der Waals surface area contributed by atoms with Crippen LogP contribution in [0.2, 0.25) is 0 Å². The molecule has 2 N–H and O–H groups in total. The molecule has 0 spiro atoms. The Morgan fingerprint density at radius 1 is 1.25 bits per heavy atom. The predicted octanol–water partition coefficient (Wildman–Crippen LogP) is 2.96. The van der Waals surface area contributed by atoms with E-state index in [-0.39, 0.29) is 0 Å². The van der Waals surface area contributed by atoms with Gasteiger partial charge in [-0.2, -0.15) is 0 Å². The van der Waals surface area contributed by atoms with Gasteiger partial charge in [0.15, 0.2) is 5.82 Å². The van der Waals surface area contributed by atoms with Gasteiger partial charge in [-0.1, -0.05) is 12.8 Å². The van der Waals surface area contributed by atoms with Crippen molar-refractivity contribution in [2.45, 2.75) is 38.6 Å². The van der Waals surface area contributed by atoms with Crippen molar-refractivity contribution in [2.24, 2.45) is 0 Å². The maximum absolute atomic E-state index is 5.82. The monoisotopic (exact) mass is 272 g/mol. The van der Waals surface area contributed by atoms with Gasteiger partial charge in [-0.3, -0.25) is 0 Å². The average molecular weight is 272 g/mol. The molecular weight excluding hydrogens is 252 g/mol. The molecule has 0 unspecified atom stereocenters. The number of methoxy groups -OCH3 is 1. The van der Waals surface area contributed by atoms with E-state index in [4.69, 9.17) is 10.5 Å². The van der Waals surface area contributed by atoms with E-state index in [0.29, 0.717) is 11.7 Å². The van der Waals surface area contributed by atoms with Gasteiger partial charge in [-0.25, -0.2) is 0 Å². The van der Waals surface area contributed by atoms with Gasteiger partial charge in [0.25, 0.3) is 0 Å². The van der Waals surface area contributed by atoms with Crippen LogP contribution in [0.4, 0.5) is 5.69 Å². The van der Waals surface area contributed by atoms with Gasteiger partial charge in [-0.05, 0) is 31.9 Å². The summed E-state index contributed by atoms with van der Waals surface area (Å²) in [5, 5.41) is 8.62. The molecule has 1 heterocycles. The van der Waals surface area contributed by atoms with Crippen molar-refractivity contribution < 1.29 is 4.74 Å². The molecule has 0 atom stereocenters. The van der Waals surface area contributed by atoms with Gasteiger partial charge < -0.3 is 15.0 Å². The van der Waals surface area contributed by atoms with Crippen molar-refractivity contribution in [3.05, 3.63) is 24.0 Å². The number of ether oxygens (including phenoxy) is 1. The van der Waals surface area contributed by atoms with Crippen LogP contribution in [0.5, 0.6) is 5.75 Å². The lowest BCUT2D eigenvalue weighted by Crippen LogP contribution is -2.09. The van der Waals surface area contributed by atoms with Crippen LogP contribution in [-0.4, -0.2) is 21.9 Å². The molecule has 0 saturated heterocycles. The second kappa shape index (κ2) is 5.15. The van der Waals surface area contributed by atoms with Crippen molar-refractivity contribution in [1.29, 1.82) is 0 Å². The standard InChI is InChI=1S/C15H20N4O/c1-10-17-18-15(19(10)12-5-3-4-6-12)13-8-7-11(16)9-14(13)20-2/h7-9,12H,3-6,16H2,1-2H3. The molecular formula is C15H20N4O. The van der Waals surface area contributed by atoms with Crippen molar-refractivity contribution in [1.82, 2.24) is 14.8 Å². The van der Waals surface area contributed by atoms with Gasteiger partial charge >= 0.3 is 0 Å². The Bertz CT molecular complexity index is 614. The number of rotatable bonds is 3. The summed E-state index contributed by atoms with van der Waals surface area (Å²) in [6, 6.07) is 6.17. The third-order valence-corrected chi connectivity index (χ3v) is 4.02. The fourth-order valence-electron chi connectivity index (χ4n) is 3.05. The highest BCUT2D eigenvalue weighted by Gasteiger charge is 2.24. The number of hydrogen-bond acceptors (Lipinski definition) is 4. The van der Waals surface area contributed by atoms with E-state index < -0.39 is 0 Å². The molecule has 0 bridgehead atoms. The van der Waals surface area contributed by atoms with Gasteiger partial charge in [-0.15, -0.1) is 10.2 Å². The first-order valence-corrected chi connectivity index (χ1v) is 7.06. The van der Waals surface area contributed by atoms with Crippen LogP contribution in [0.25, 0.3) is 11.4 Å². The number of nitrogens with two attached hydrogens (primary N) is 1. The lowest BCUT2D eigenvalue weighted by atomic mass is 10.1. The fraction of sp³-hybridized carbons (Fsp3) is 0.467. The predicted molar refractivity (Wildman–Crippen MR) is 78.7 cm³/mol. The normalized spacial score (nSPS) is 15.7. The van der Waals surface area contributed by atoms with Crippen LogP contribution in [0, 0.1) is 6.92 Å².